The number of halogens is 1. The Morgan fingerprint density at radius 1 is 1.30 bits per heavy atom. The minimum Gasteiger partial charge on any atom is -0.348 e. The molecule has 3 heterocycles. The Kier molecular flexibility index (Phi) is 4.57. The van der Waals surface area contributed by atoms with E-state index >= 15 is 0 Å². The van der Waals surface area contributed by atoms with Gasteiger partial charge < -0.3 is 5.32 Å². The molecular weight excluding hydrogens is 368 g/mol. The van der Waals surface area contributed by atoms with Crippen LogP contribution in [0.15, 0.2) is 35.1 Å². The van der Waals surface area contributed by atoms with Crippen molar-refractivity contribution >= 4 is 17.5 Å². The molecule has 0 radical (unpaired) electrons. The highest BCUT2D eigenvalue weighted by atomic mass is 35.5. The SMILES string of the molecule is Cn1nc2n(c1=O)CCC(NC(=O)c1cc(-c3ccc(Cl)cc3)n[nH]1)CC2. The van der Waals surface area contributed by atoms with Gasteiger partial charge in [-0.25, -0.2) is 9.48 Å². The zero-order chi connectivity index (χ0) is 19.0. The van der Waals surface area contributed by atoms with Gasteiger partial charge in [-0.05, 0) is 31.0 Å². The van der Waals surface area contributed by atoms with Crippen molar-refractivity contribution in [3.8, 4) is 11.3 Å². The molecule has 0 saturated heterocycles. The molecule has 2 aromatic heterocycles. The summed E-state index contributed by atoms with van der Waals surface area (Å²) in [5, 5.41) is 14.9. The van der Waals surface area contributed by atoms with Gasteiger partial charge in [0.15, 0.2) is 0 Å². The molecule has 2 N–H and O–H groups in total. The van der Waals surface area contributed by atoms with Gasteiger partial charge in [-0.2, -0.15) is 10.2 Å². The number of fused-ring (bicyclic) bond motifs is 1. The van der Waals surface area contributed by atoms with Crippen LogP contribution in [0, 0.1) is 0 Å². The number of aromatic amines is 1. The lowest BCUT2D eigenvalue weighted by Gasteiger charge is -2.15. The van der Waals surface area contributed by atoms with E-state index in [2.05, 4.69) is 20.6 Å². The minimum atomic E-state index is -0.208. The summed E-state index contributed by atoms with van der Waals surface area (Å²) in [7, 11) is 1.65. The van der Waals surface area contributed by atoms with Crippen molar-refractivity contribution in [3.63, 3.8) is 0 Å². The van der Waals surface area contributed by atoms with E-state index in [4.69, 9.17) is 11.6 Å². The highest BCUT2D eigenvalue weighted by molar-refractivity contribution is 6.30. The van der Waals surface area contributed by atoms with Crippen molar-refractivity contribution in [2.75, 3.05) is 0 Å². The van der Waals surface area contributed by atoms with Crippen molar-refractivity contribution in [1.82, 2.24) is 29.9 Å². The number of amides is 1. The number of nitrogens with one attached hydrogen (secondary N) is 2. The molecule has 3 aromatic rings. The van der Waals surface area contributed by atoms with Crippen LogP contribution in [0.4, 0.5) is 0 Å². The Morgan fingerprint density at radius 3 is 2.85 bits per heavy atom. The maximum absolute atomic E-state index is 12.6. The molecule has 0 aliphatic carbocycles. The van der Waals surface area contributed by atoms with Crippen LogP contribution >= 0.6 is 11.6 Å². The molecule has 0 spiro atoms. The van der Waals surface area contributed by atoms with Gasteiger partial charge in [-0.15, -0.1) is 0 Å². The fourth-order valence-electron chi connectivity index (χ4n) is 3.31. The van der Waals surface area contributed by atoms with Gasteiger partial charge in [-0.3, -0.25) is 14.5 Å². The van der Waals surface area contributed by atoms with Gasteiger partial charge in [0.1, 0.15) is 11.5 Å². The third-order valence-corrected chi connectivity index (χ3v) is 5.05. The number of H-pyrrole nitrogens is 1. The van der Waals surface area contributed by atoms with Crippen LogP contribution in [-0.4, -0.2) is 36.5 Å². The molecule has 0 bridgehead atoms. The predicted octanol–water partition coefficient (Wildman–Crippen LogP) is 1.76. The molecule has 1 aliphatic heterocycles. The van der Waals surface area contributed by atoms with Crippen molar-refractivity contribution in [2.45, 2.75) is 31.8 Å². The van der Waals surface area contributed by atoms with E-state index in [1.54, 1.807) is 29.8 Å². The van der Waals surface area contributed by atoms with Gasteiger partial charge in [-0.1, -0.05) is 23.7 Å². The van der Waals surface area contributed by atoms with Crippen LogP contribution in [0.5, 0.6) is 0 Å². The second-order valence-electron chi connectivity index (χ2n) is 6.65. The summed E-state index contributed by atoms with van der Waals surface area (Å²) in [5.74, 6) is 0.561. The Hall–Kier alpha value is -2.87. The molecule has 140 valence electrons. The number of aryl methyl sites for hydroxylation is 2. The van der Waals surface area contributed by atoms with Crippen LogP contribution in [0.25, 0.3) is 11.3 Å². The summed E-state index contributed by atoms with van der Waals surface area (Å²) in [4.78, 5) is 24.6. The molecule has 27 heavy (non-hydrogen) atoms. The number of benzene rings is 1. The van der Waals surface area contributed by atoms with E-state index < -0.39 is 0 Å². The Balaban J connectivity index is 1.42. The van der Waals surface area contributed by atoms with E-state index in [9.17, 15) is 9.59 Å². The van der Waals surface area contributed by atoms with Gasteiger partial charge in [0.05, 0.1) is 5.69 Å². The molecule has 1 unspecified atom stereocenters. The zero-order valence-electron chi connectivity index (χ0n) is 14.8. The fraction of sp³-hybridized carbons (Fsp3) is 0.333. The maximum atomic E-state index is 12.6. The van der Waals surface area contributed by atoms with Crippen LogP contribution in [0.2, 0.25) is 5.02 Å². The Labute approximate surface area is 160 Å². The van der Waals surface area contributed by atoms with Crippen molar-refractivity contribution in [1.29, 1.82) is 0 Å². The lowest BCUT2D eigenvalue weighted by molar-refractivity contribution is 0.0927. The third kappa shape index (κ3) is 3.52. The zero-order valence-corrected chi connectivity index (χ0v) is 15.5. The monoisotopic (exact) mass is 386 g/mol. The number of nitrogens with zero attached hydrogens (tertiary/aromatic N) is 4. The molecule has 1 aromatic carbocycles. The molecule has 4 rings (SSSR count). The largest absolute Gasteiger partial charge is 0.348 e. The molecule has 8 nitrogen and oxygen atoms in total. The average Bonchev–Trinajstić information content (AvgIpc) is 3.19. The molecule has 0 fully saturated rings. The number of hydrogen-bond donors (Lipinski definition) is 2. The quantitative estimate of drug-likeness (QED) is 0.716. The summed E-state index contributed by atoms with van der Waals surface area (Å²) >= 11 is 5.90. The molecule has 1 amide bonds. The lowest BCUT2D eigenvalue weighted by atomic mass is 10.1. The van der Waals surface area contributed by atoms with Gasteiger partial charge in [0.25, 0.3) is 5.91 Å². The summed E-state index contributed by atoms with van der Waals surface area (Å²) in [6.45, 7) is 0.548. The average molecular weight is 387 g/mol. The summed E-state index contributed by atoms with van der Waals surface area (Å²) < 4.78 is 3.04. The first kappa shape index (κ1) is 17.5. The van der Waals surface area contributed by atoms with Crippen LogP contribution < -0.4 is 11.0 Å². The maximum Gasteiger partial charge on any atom is 0.345 e. The Bertz CT molecular complexity index is 1030. The van der Waals surface area contributed by atoms with Gasteiger partial charge in [0.2, 0.25) is 0 Å². The highest BCUT2D eigenvalue weighted by Crippen LogP contribution is 2.20. The predicted molar refractivity (Wildman–Crippen MR) is 101 cm³/mol. The van der Waals surface area contributed by atoms with E-state index in [1.165, 1.54) is 4.68 Å². The first-order valence-corrected chi connectivity index (χ1v) is 9.14. The smallest absolute Gasteiger partial charge is 0.345 e. The van der Waals surface area contributed by atoms with E-state index in [1.807, 2.05) is 12.1 Å². The van der Waals surface area contributed by atoms with Crippen molar-refractivity contribution in [3.05, 3.63) is 57.4 Å². The molecular formula is C18H19ClN6O2. The highest BCUT2D eigenvalue weighted by Gasteiger charge is 2.22. The fourth-order valence-corrected chi connectivity index (χ4v) is 3.44. The van der Waals surface area contributed by atoms with Gasteiger partial charge in [0, 0.05) is 36.6 Å². The number of carbonyl (C=O) groups is 1. The molecule has 1 atom stereocenters. The van der Waals surface area contributed by atoms with E-state index in [-0.39, 0.29) is 17.6 Å². The first-order chi connectivity index (χ1) is 13.0. The summed E-state index contributed by atoms with van der Waals surface area (Å²) in [6, 6.07) is 8.97. The third-order valence-electron chi connectivity index (χ3n) is 4.80. The van der Waals surface area contributed by atoms with Crippen LogP contribution in [0.1, 0.15) is 29.2 Å². The van der Waals surface area contributed by atoms with Crippen LogP contribution in [0.3, 0.4) is 0 Å². The topological polar surface area (TPSA) is 97.6 Å². The molecule has 0 saturated carbocycles. The van der Waals surface area contributed by atoms with E-state index in [0.29, 0.717) is 35.8 Å². The Morgan fingerprint density at radius 2 is 2.07 bits per heavy atom. The number of rotatable bonds is 3. The van der Waals surface area contributed by atoms with E-state index in [0.717, 1.165) is 17.8 Å². The van der Waals surface area contributed by atoms with Crippen LogP contribution in [-0.2, 0) is 20.0 Å². The molecule has 1 aliphatic rings. The normalized spacial score (nSPS) is 16.6. The minimum absolute atomic E-state index is 0.0220. The summed E-state index contributed by atoms with van der Waals surface area (Å²) in [5.41, 5.74) is 1.85. The summed E-state index contributed by atoms with van der Waals surface area (Å²) in [6.07, 6.45) is 2.07. The van der Waals surface area contributed by atoms with Gasteiger partial charge >= 0.3 is 5.69 Å². The standard InChI is InChI=1S/C18H19ClN6O2/c1-24-18(27)25-9-8-13(6-7-16(25)23-24)20-17(26)15-10-14(21-22-15)11-2-4-12(19)5-3-11/h2-5,10,13H,6-9H2,1H3,(H,20,26)(H,21,22). The van der Waals surface area contributed by atoms with Crippen molar-refractivity contribution in [2.24, 2.45) is 7.05 Å². The number of hydrogen-bond acceptors (Lipinski definition) is 4. The molecule has 9 heteroatoms. The first-order valence-electron chi connectivity index (χ1n) is 8.76. The lowest BCUT2D eigenvalue weighted by Crippen LogP contribution is -2.36. The number of aromatic nitrogens is 5. The second kappa shape index (κ2) is 7.03. The number of carbonyl (C=O) groups excluding carboxylic acids is 1. The van der Waals surface area contributed by atoms with Crippen molar-refractivity contribution < 1.29 is 4.79 Å². The second-order valence-corrected chi connectivity index (χ2v) is 7.08.